The predicted octanol–water partition coefficient (Wildman–Crippen LogP) is 7.74. The molecule has 0 aliphatic heterocycles. The first kappa shape index (κ1) is 32.2. The first-order chi connectivity index (χ1) is 22.4. The molecule has 1 atom stereocenters. The number of thiazole rings is 1. The Morgan fingerprint density at radius 3 is 2.33 bits per heavy atom. The van der Waals surface area contributed by atoms with Crippen molar-refractivity contribution in [3.63, 3.8) is 0 Å². The van der Waals surface area contributed by atoms with Crippen molar-refractivity contribution in [1.82, 2.24) is 10.3 Å². The van der Waals surface area contributed by atoms with E-state index < -0.39 is 17.1 Å². The van der Waals surface area contributed by atoms with Crippen molar-refractivity contribution in [2.75, 3.05) is 17.2 Å². The number of anilines is 2. The average molecular weight is 649 g/mol. The summed E-state index contributed by atoms with van der Waals surface area (Å²) < 4.78 is 5.50. The Morgan fingerprint density at radius 2 is 1.61 bits per heavy atom. The van der Waals surface area contributed by atoms with Gasteiger partial charge in [-0.3, -0.25) is 14.4 Å². The summed E-state index contributed by atoms with van der Waals surface area (Å²) in [7, 11) is 0. The standard InChI is InChI=1S/C36H32N4O4S2/c1-3-44-29-19-17-26(18-20-29)32-23-45-36(39-32)40-33(41)24(2)46-30-16-10-15-28(22-30)37-35(43)31(21-25-11-6-4-7-12-25)38-34(42)27-13-8-5-9-14-27/h4-24H,3H2,1-2H3,(H,37,43)(H,38,42)(H,39,40,41)/b31-21-. The molecule has 0 aliphatic carbocycles. The van der Waals surface area contributed by atoms with E-state index in [4.69, 9.17) is 4.74 Å². The third-order valence-corrected chi connectivity index (χ3v) is 8.46. The van der Waals surface area contributed by atoms with Crippen molar-refractivity contribution >= 4 is 57.7 Å². The number of hydrogen-bond donors (Lipinski definition) is 3. The smallest absolute Gasteiger partial charge is 0.272 e. The van der Waals surface area contributed by atoms with Gasteiger partial charge in [-0.25, -0.2) is 4.98 Å². The molecule has 0 aliphatic rings. The summed E-state index contributed by atoms with van der Waals surface area (Å²) in [4.78, 5) is 44.7. The molecule has 5 aromatic rings. The van der Waals surface area contributed by atoms with Gasteiger partial charge < -0.3 is 20.7 Å². The van der Waals surface area contributed by atoms with Crippen molar-refractivity contribution in [3.05, 3.63) is 131 Å². The number of carbonyl (C=O) groups is 3. The highest BCUT2D eigenvalue weighted by Crippen LogP contribution is 2.29. The molecule has 0 bridgehead atoms. The van der Waals surface area contributed by atoms with E-state index in [1.54, 1.807) is 48.5 Å². The molecule has 4 aromatic carbocycles. The Balaban J connectivity index is 1.22. The van der Waals surface area contributed by atoms with Crippen LogP contribution in [0, 0.1) is 0 Å². The zero-order valence-electron chi connectivity index (χ0n) is 25.2. The lowest BCUT2D eigenvalue weighted by Gasteiger charge is -2.13. The topological polar surface area (TPSA) is 109 Å². The first-order valence-corrected chi connectivity index (χ1v) is 16.3. The lowest BCUT2D eigenvalue weighted by Crippen LogP contribution is -2.30. The van der Waals surface area contributed by atoms with E-state index in [0.29, 0.717) is 23.0 Å². The van der Waals surface area contributed by atoms with Crippen LogP contribution in [0.1, 0.15) is 29.8 Å². The number of benzene rings is 4. The summed E-state index contributed by atoms with van der Waals surface area (Å²) in [6.07, 6.45) is 1.63. The summed E-state index contributed by atoms with van der Waals surface area (Å²) >= 11 is 2.72. The van der Waals surface area contributed by atoms with Crippen LogP contribution in [0.5, 0.6) is 5.75 Å². The molecule has 3 N–H and O–H groups in total. The van der Waals surface area contributed by atoms with Crippen molar-refractivity contribution in [2.45, 2.75) is 24.0 Å². The van der Waals surface area contributed by atoms with Gasteiger partial charge in [0.05, 0.1) is 17.6 Å². The Labute approximate surface area is 275 Å². The third kappa shape index (κ3) is 8.93. The number of aromatic nitrogens is 1. The largest absolute Gasteiger partial charge is 0.494 e. The molecule has 232 valence electrons. The Kier molecular flexibility index (Phi) is 11.0. The first-order valence-electron chi connectivity index (χ1n) is 14.6. The minimum atomic E-state index is -0.479. The minimum Gasteiger partial charge on any atom is -0.494 e. The number of rotatable bonds is 12. The number of hydrogen-bond acceptors (Lipinski definition) is 7. The summed E-state index contributed by atoms with van der Waals surface area (Å²) in [6.45, 7) is 4.35. The summed E-state index contributed by atoms with van der Waals surface area (Å²) in [5.74, 6) is -0.269. The van der Waals surface area contributed by atoms with Gasteiger partial charge in [-0.05, 0) is 80.1 Å². The lowest BCUT2D eigenvalue weighted by atomic mass is 10.1. The molecule has 5 rings (SSSR count). The van der Waals surface area contributed by atoms with E-state index in [-0.39, 0.29) is 11.6 Å². The maximum absolute atomic E-state index is 13.4. The fourth-order valence-electron chi connectivity index (χ4n) is 4.32. The van der Waals surface area contributed by atoms with Crippen LogP contribution in [-0.4, -0.2) is 34.6 Å². The Bertz CT molecular complexity index is 1820. The van der Waals surface area contributed by atoms with Gasteiger partial charge in [-0.1, -0.05) is 54.6 Å². The molecule has 0 radical (unpaired) electrons. The maximum Gasteiger partial charge on any atom is 0.272 e. The van der Waals surface area contributed by atoms with Crippen LogP contribution >= 0.6 is 23.1 Å². The van der Waals surface area contributed by atoms with Gasteiger partial charge in [-0.15, -0.1) is 23.1 Å². The van der Waals surface area contributed by atoms with E-state index in [1.165, 1.54) is 23.1 Å². The minimum absolute atomic E-state index is 0.0962. The van der Waals surface area contributed by atoms with E-state index >= 15 is 0 Å². The van der Waals surface area contributed by atoms with Crippen LogP contribution in [0.15, 0.2) is 125 Å². The summed E-state index contributed by atoms with van der Waals surface area (Å²) in [5.41, 5.74) is 3.52. The molecule has 0 spiro atoms. The number of amides is 3. The number of ether oxygens (including phenoxy) is 1. The van der Waals surface area contributed by atoms with Crippen LogP contribution < -0.4 is 20.7 Å². The monoisotopic (exact) mass is 648 g/mol. The van der Waals surface area contributed by atoms with Gasteiger partial charge in [0.2, 0.25) is 5.91 Å². The molecule has 0 saturated heterocycles. The maximum atomic E-state index is 13.4. The fraction of sp³-hybridized carbons (Fsp3) is 0.111. The van der Waals surface area contributed by atoms with Crippen LogP contribution in [0.3, 0.4) is 0 Å². The number of carbonyl (C=O) groups excluding carboxylic acids is 3. The molecule has 10 heteroatoms. The van der Waals surface area contributed by atoms with Crippen molar-refractivity contribution in [1.29, 1.82) is 0 Å². The zero-order valence-corrected chi connectivity index (χ0v) is 26.9. The molecular formula is C36H32N4O4S2. The molecule has 0 saturated carbocycles. The van der Waals surface area contributed by atoms with Gasteiger partial charge in [-0.2, -0.15) is 0 Å². The predicted molar refractivity (Wildman–Crippen MR) is 186 cm³/mol. The molecular weight excluding hydrogens is 617 g/mol. The summed E-state index contributed by atoms with van der Waals surface area (Å²) in [6, 6.07) is 32.9. The highest BCUT2D eigenvalue weighted by atomic mass is 32.2. The van der Waals surface area contributed by atoms with Crippen LogP contribution in [0.2, 0.25) is 0 Å². The SMILES string of the molecule is CCOc1ccc(-c2csc(NC(=O)C(C)Sc3cccc(NC(=O)/C(=C/c4ccccc4)NC(=O)c4ccccc4)c3)n2)cc1. The normalized spacial score (nSPS) is 11.7. The number of nitrogens with zero attached hydrogens (tertiary/aromatic N) is 1. The number of thioether (sulfide) groups is 1. The van der Waals surface area contributed by atoms with Crippen LogP contribution in [-0.2, 0) is 9.59 Å². The highest BCUT2D eigenvalue weighted by Gasteiger charge is 2.18. The van der Waals surface area contributed by atoms with Gasteiger partial charge in [0.1, 0.15) is 11.4 Å². The number of nitrogens with one attached hydrogen (secondary N) is 3. The van der Waals surface area contributed by atoms with Crippen molar-refractivity contribution < 1.29 is 19.1 Å². The van der Waals surface area contributed by atoms with Crippen molar-refractivity contribution in [2.24, 2.45) is 0 Å². The average Bonchev–Trinajstić information content (AvgIpc) is 3.54. The second-order valence-corrected chi connectivity index (χ2v) is 12.3. The highest BCUT2D eigenvalue weighted by molar-refractivity contribution is 8.00. The lowest BCUT2D eigenvalue weighted by molar-refractivity contribution is -0.115. The second-order valence-electron chi connectivity index (χ2n) is 10.0. The quantitative estimate of drug-likeness (QED) is 0.0944. The van der Waals surface area contributed by atoms with E-state index in [1.807, 2.05) is 86.0 Å². The van der Waals surface area contributed by atoms with Crippen LogP contribution in [0.4, 0.5) is 10.8 Å². The van der Waals surface area contributed by atoms with E-state index in [9.17, 15) is 14.4 Å². The Morgan fingerprint density at radius 1 is 0.891 bits per heavy atom. The Hall–Kier alpha value is -5.19. The second kappa shape index (κ2) is 15.7. The fourth-order valence-corrected chi connectivity index (χ4v) is 5.97. The van der Waals surface area contributed by atoms with Gasteiger partial charge in [0, 0.05) is 27.1 Å². The molecule has 46 heavy (non-hydrogen) atoms. The van der Waals surface area contributed by atoms with Crippen molar-refractivity contribution in [3.8, 4) is 17.0 Å². The molecule has 0 fully saturated rings. The zero-order chi connectivity index (χ0) is 32.3. The third-order valence-electron chi connectivity index (χ3n) is 6.61. The molecule has 1 heterocycles. The van der Waals surface area contributed by atoms with Crippen LogP contribution in [0.25, 0.3) is 17.3 Å². The summed E-state index contributed by atoms with van der Waals surface area (Å²) in [5, 5.41) is 10.5. The molecule has 1 unspecified atom stereocenters. The van der Waals surface area contributed by atoms with E-state index in [0.717, 1.165) is 27.5 Å². The molecule has 8 nitrogen and oxygen atoms in total. The van der Waals surface area contributed by atoms with Gasteiger partial charge in [0.15, 0.2) is 5.13 Å². The molecule has 1 aromatic heterocycles. The van der Waals surface area contributed by atoms with Gasteiger partial charge in [0.25, 0.3) is 11.8 Å². The van der Waals surface area contributed by atoms with Gasteiger partial charge >= 0.3 is 0 Å². The van der Waals surface area contributed by atoms with E-state index in [2.05, 4.69) is 20.9 Å². The molecule has 3 amide bonds.